The molecule has 0 spiro atoms. The molecule has 1 aliphatic rings. The Morgan fingerprint density at radius 2 is 2.65 bits per heavy atom. The lowest BCUT2D eigenvalue weighted by Crippen LogP contribution is -2.43. The maximum Gasteiger partial charge on any atom is 0.323 e. The van der Waals surface area contributed by atoms with Crippen LogP contribution >= 0.6 is 11.3 Å². The number of rotatable bonds is 5. The van der Waals surface area contributed by atoms with Gasteiger partial charge in [-0.15, -0.1) is 11.3 Å². The molecule has 1 fully saturated rings. The minimum absolute atomic E-state index is 0.197. The molecule has 0 saturated carbocycles. The van der Waals surface area contributed by atoms with Crippen molar-refractivity contribution in [3.05, 3.63) is 22.4 Å². The summed E-state index contributed by atoms with van der Waals surface area (Å²) < 4.78 is 10.2. The molecular weight excluding hydrogens is 238 g/mol. The van der Waals surface area contributed by atoms with Crippen LogP contribution in [0.25, 0.3) is 0 Å². The van der Waals surface area contributed by atoms with Crippen LogP contribution in [0, 0.1) is 5.92 Å². The number of methoxy groups -OCH3 is 1. The largest absolute Gasteiger partial charge is 0.468 e. The third kappa shape index (κ3) is 3.28. The minimum Gasteiger partial charge on any atom is -0.468 e. The van der Waals surface area contributed by atoms with Gasteiger partial charge in [0.2, 0.25) is 0 Å². The van der Waals surface area contributed by atoms with Crippen LogP contribution in [0.15, 0.2) is 17.5 Å². The average molecular weight is 255 g/mol. The SMILES string of the molecule is COC(=O)C(NCc1cccs1)C1CCOC1. The van der Waals surface area contributed by atoms with E-state index in [2.05, 4.69) is 11.4 Å². The zero-order valence-corrected chi connectivity index (χ0v) is 10.7. The highest BCUT2D eigenvalue weighted by Gasteiger charge is 2.31. The van der Waals surface area contributed by atoms with Crippen LogP contribution in [-0.2, 0) is 20.8 Å². The Morgan fingerprint density at radius 1 is 1.76 bits per heavy atom. The molecule has 0 radical (unpaired) electrons. The molecule has 0 aromatic carbocycles. The van der Waals surface area contributed by atoms with Crippen LogP contribution in [0.2, 0.25) is 0 Å². The Balaban J connectivity index is 1.92. The Bertz CT molecular complexity index is 347. The van der Waals surface area contributed by atoms with Crippen molar-refractivity contribution >= 4 is 17.3 Å². The highest BCUT2D eigenvalue weighted by atomic mass is 32.1. The molecule has 17 heavy (non-hydrogen) atoms. The molecule has 1 aromatic heterocycles. The van der Waals surface area contributed by atoms with E-state index in [1.807, 2.05) is 11.4 Å². The summed E-state index contributed by atoms with van der Waals surface area (Å²) in [7, 11) is 1.43. The van der Waals surface area contributed by atoms with Crippen LogP contribution in [0.5, 0.6) is 0 Å². The second-order valence-corrected chi connectivity index (χ2v) is 5.12. The molecule has 1 aliphatic heterocycles. The monoisotopic (exact) mass is 255 g/mol. The van der Waals surface area contributed by atoms with E-state index in [1.54, 1.807) is 11.3 Å². The van der Waals surface area contributed by atoms with Crippen LogP contribution < -0.4 is 5.32 Å². The third-order valence-electron chi connectivity index (χ3n) is 2.97. The molecule has 2 rings (SSSR count). The fraction of sp³-hybridized carbons (Fsp3) is 0.583. The van der Waals surface area contributed by atoms with Crippen molar-refractivity contribution < 1.29 is 14.3 Å². The summed E-state index contributed by atoms with van der Waals surface area (Å²) in [6, 6.07) is 3.80. The van der Waals surface area contributed by atoms with Gasteiger partial charge in [0, 0.05) is 23.9 Å². The topological polar surface area (TPSA) is 47.6 Å². The molecule has 2 unspecified atom stereocenters. The second-order valence-electron chi connectivity index (χ2n) is 4.08. The van der Waals surface area contributed by atoms with Gasteiger partial charge in [-0.3, -0.25) is 10.1 Å². The van der Waals surface area contributed by atoms with Gasteiger partial charge in [-0.25, -0.2) is 0 Å². The van der Waals surface area contributed by atoms with Crippen molar-refractivity contribution in [2.75, 3.05) is 20.3 Å². The maximum absolute atomic E-state index is 11.7. The summed E-state index contributed by atoms with van der Waals surface area (Å²) in [6.07, 6.45) is 0.914. The van der Waals surface area contributed by atoms with Gasteiger partial charge < -0.3 is 9.47 Å². The number of ether oxygens (including phenoxy) is 2. The lowest BCUT2D eigenvalue weighted by atomic mass is 9.99. The molecule has 94 valence electrons. The Morgan fingerprint density at radius 3 is 3.24 bits per heavy atom. The van der Waals surface area contributed by atoms with E-state index in [4.69, 9.17) is 9.47 Å². The number of nitrogens with one attached hydrogen (secondary N) is 1. The van der Waals surface area contributed by atoms with Crippen molar-refractivity contribution in [1.82, 2.24) is 5.32 Å². The minimum atomic E-state index is -0.260. The molecule has 2 atom stereocenters. The first-order valence-electron chi connectivity index (χ1n) is 5.72. The fourth-order valence-corrected chi connectivity index (χ4v) is 2.66. The van der Waals surface area contributed by atoms with E-state index in [-0.39, 0.29) is 17.9 Å². The van der Waals surface area contributed by atoms with Gasteiger partial charge in [0.15, 0.2) is 0 Å². The summed E-state index contributed by atoms with van der Waals surface area (Å²) in [5.41, 5.74) is 0. The summed E-state index contributed by atoms with van der Waals surface area (Å²) in [5.74, 6) is 0.0273. The van der Waals surface area contributed by atoms with Crippen LogP contribution in [0.3, 0.4) is 0 Å². The van der Waals surface area contributed by atoms with E-state index < -0.39 is 0 Å². The van der Waals surface area contributed by atoms with Crippen LogP contribution in [-0.4, -0.2) is 32.3 Å². The normalized spacial score (nSPS) is 21.4. The van der Waals surface area contributed by atoms with Gasteiger partial charge in [0.1, 0.15) is 6.04 Å². The summed E-state index contributed by atoms with van der Waals surface area (Å²) in [6.45, 7) is 2.07. The Hall–Kier alpha value is -0.910. The maximum atomic E-state index is 11.7. The Labute approximate surface area is 105 Å². The molecule has 0 bridgehead atoms. The van der Waals surface area contributed by atoms with Crippen LogP contribution in [0.1, 0.15) is 11.3 Å². The molecule has 0 aliphatic carbocycles. The molecule has 1 N–H and O–H groups in total. The Kier molecular flexibility index (Phi) is 4.53. The number of hydrogen-bond donors (Lipinski definition) is 1. The first kappa shape index (κ1) is 12.5. The standard InChI is InChI=1S/C12H17NO3S/c1-15-12(14)11(9-4-5-16-8-9)13-7-10-3-2-6-17-10/h2-3,6,9,11,13H,4-5,7-8H2,1H3. The zero-order valence-electron chi connectivity index (χ0n) is 9.85. The fourth-order valence-electron chi connectivity index (χ4n) is 2.01. The molecule has 2 heterocycles. The van der Waals surface area contributed by atoms with Crippen LogP contribution in [0.4, 0.5) is 0 Å². The summed E-state index contributed by atoms with van der Waals surface area (Å²) in [5, 5.41) is 5.30. The summed E-state index contributed by atoms with van der Waals surface area (Å²) >= 11 is 1.68. The van der Waals surface area contributed by atoms with Crippen molar-refractivity contribution in [3.63, 3.8) is 0 Å². The van der Waals surface area contributed by atoms with Crippen molar-refractivity contribution in [2.24, 2.45) is 5.92 Å². The van der Waals surface area contributed by atoms with Gasteiger partial charge in [0.25, 0.3) is 0 Å². The quantitative estimate of drug-likeness (QED) is 0.808. The molecule has 1 aromatic rings. The third-order valence-corrected chi connectivity index (χ3v) is 3.84. The van der Waals surface area contributed by atoms with Crippen molar-refractivity contribution in [2.45, 2.75) is 19.0 Å². The molecular formula is C12H17NO3S. The number of carbonyl (C=O) groups is 1. The van der Waals surface area contributed by atoms with Crippen molar-refractivity contribution in [1.29, 1.82) is 0 Å². The molecule has 5 heteroatoms. The highest BCUT2D eigenvalue weighted by Crippen LogP contribution is 2.18. The van der Waals surface area contributed by atoms with Gasteiger partial charge in [0.05, 0.1) is 13.7 Å². The lowest BCUT2D eigenvalue weighted by molar-refractivity contribution is -0.144. The average Bonchev–Trinajstić information content (AvgIpc) is 3.01. The molecule has 0 amide bonds. The number of thiophene rings is 1. The van der Waals surface area contributed by atoms with Gasteiger partial charge >= 0.3 is 5.97 Å². The molecule has 1 saturated heterocycles. The van der Waals surface area contributed by atoms with E-state index in [0.29, 0.717) is 13.2 Å². The predicted molar refractivity (Wildman–Crippen MR) is 65.9 cm³/mol. The number of hydrogen-bond acceptors (Lipinski definition) is 5. The first-order valence-corrected chi connectivity index (χ1v) is 6.60. The van der Waals surface area contributed by atoms with Gasteiger partial charge in [-0.1, -0.05) is 6.07 Å². The van der Waals surface area contributed by atoms with Crippen molar-refractivity contribution in [3.8, 4) is 0 Å². The van der Waals surface area contributed by atoms with E-state index in [1.165, 1.54) is 12.0 Å². The van der Waals surface area contributed by atoms with Gasteiger partial charge in [-0.2, -0.15) is 0 Å². The first-order chi connectivity index (χ1) is 8.31. The van der Waals surface area contributed by atoms with E-state index in [0.717, 1.165) is 13.0 Å². The lowest BCUT2D eigenvalue weighted by Gasteiger charge is -2.20. The van der Waals surface area contributed by atoms with Gasteiger partial charge in [-0.05, 0) is 17.9 Å². The predicted octanol–water partition coefficient (Wildman–Crippen LogP) is 1.42. The smallest absolute Gasteiger partial charge is 0.323 e. The van der Waals surface area contributed by atoms with E-state index in [9.17, 15) is 4.79 Å². The number of carbonyl (C=O) groups excluding carboxylic acids is 1. The zero-order chi connectivity index (χ0) is 12.1. The van der Waals surface area contributed by atoms with E-state index >= 15 is 0 Å². The molecule has 4 nitrogen and oxygen atoms in total. The number of esters is 1. The second kappa shape index (κ2) is 6.14. The summed E-state index contributed by atoms with van der Waals surface area (Å²) in [4.78, 5) is 12.9. The highest BCUT2D eigenvalue weighted by molar-refractivity contribution is 7.09.